The van der Waals surface area contributed by atoms with E-state index in [1.165, 1.54) is 21.0 Å². The second-order valence-electron chi connectivity index (χ2n) is 7.29. The van der Waals surface area contributed by atoms with Crippen LogP contribution >= 0.6 is 15.9 Å². The van der Waals surface area contributed by atoms with Crippen molar-refractivity contribution in [1.82, 2.24) is 22.7 Å². The Morgan fingerprint density at radius 3 is 2.63 bits per heavy atom. The molecule has 0 radical (unpaired) electrons. The molecule has 3 heterocycles. The lowest BCUT2D eigenvalue weighted by Gasteiger charge is -2.25. The molecule has 0 spiro atoms. The first-order valence-electron chi connectivity index (χ1n) is 9.16. The van der Waals surface area contributed by atoms with Crippen molar-refractivity contribution < 1.29 is 18.0 Å². The van der Waals surface area contributed by atoms with Gasteiger partial charge in [0.1, 0.15) is 6.33 Å². The zero-order valence-electron chi connectivity index (χ0n) is 16.9. The molecular weight excluding hydrogens is 474 g/mol. The van der Waals surface area contributed by atoms with Gasteiger partial charge in [-0.15, -0.1) is 0 Å². The van der Waals surface area contributed by atoms with Crippen LogP contribution in [0.15, 0.2) is 29.0 Å². The number of imide groups is 1. The summed E-state index contributed by atoms with van der Waals surface area (Å²) in [7, 11) is 0.864. The maximum Gasteiger partial charge on any atom is 0.308 e. The number of benzene rings is 1. The predicted molar refractivity (Wildman–Crippen MR) is 115 cm³/mol. The lowest BCUT2D eigenvalue weighted by Crippen LogP contribution is -2.42. The highest BCUT2D eigenvalue weighted by Gasteiger charge is 2.36. The SMILES string of the molecule is Cc1c(C(=O)N2CCc3c(c4cccc(Br)c4n3C)C2=O)ncn1S(=O)(=O)N(C)C. The molecule has 1 aliphatic rings. The van der Waals surface area contributed by atoms with Crippen LogP contribution in [-0.4, -0.2) is 63.6 Å². The van der Waals surface area contributed by atoms with Crippen molar-refractivity contribution in [2.75, 3.05) is 20.6 Å². The van der Waals surface area contributed by atoms with E-state index in [-0.39, 0.29) is 17.9 Å². The molecule has 11 heteroatoms. The van der Waals surface area contributed by atoms with Crippen LogP contribution in [0.3, 0.4) is 0 Å². The largest absolute Gasteiger partial charge is 0.346 e. The fraction of sp³-hybridized carbons (Fsp3) is 0.316. The third kappa shape index (κ3) is 2.83. The second kappa shape index (κ2) is 7.03. The van der Waals surface area contributed by atoms with E-state index in [0.29, 0.717) is 12.0 Å². The smallest absolute Gasteiger partial charge is 0.308 e. The van der Waals surface area contributed by atoms with Gasteiger partial charge in [-0.3, -0.25) is 14.5 Å². The first-order chi connectivity index (χ1) is 14.1. The Bertz CT molecular complexity index is 1320. The fourth-order valence-electron chi connectivity index (χ4n) is 3.84. The molecule has 158 valence electrons. The zero-order chi connectivity index (χ0) is 22.0. The molecule has 2 amide bonds. The summed E-state index contributed by atoms with van der Waals surface area (Å²) in [6.45, 7) is 1.69. The molecule has 4 rings (SSSR count). The van der Waals surface area contributed by atoms with Crippen LogP contribution in [-0.2, 0) is 23.7 Å². The third-order valence-corrected chi connectivity index (χ3v) is 7.87. The molecule has 1 aromatic carbocycles. The molecule has 0 fully saturated rings. The number of nitrogens with zero attached hydrogens (tertiary/aromatic N) is 5. The minimum absolute atomic E-state index is 0.0568. The first kappa shape index (κ1) is 20.8. The van der Waals surface area contributed by atoms with Crippen LogP contribution in [0.2, 0.25) is 0 Å². The molecule has 0 unspecified atom stereocenters. The van der Waals surface area contributed by atoms with E-state index in [2.05, 4.69) is 20.9 Å². The first-order valence-corrected chi connectivity index (χ1v) is 11.3. The molecule has 0 atom stereocenters. The van der Waals surface area contributed by atoms with Gasteiger partial charge in [-0.25, -0.2) is 8.96 Å². The molecule has 9 nitrogen and oxygen atoms in total. The number of hydrogen-bond donors (Lipinski definition) is 0. The summed E-state index contributed by atoms with van der Waals surface area (Å²) >= 11 is 3.53. The molecule has 2 aromatic heterocycles. The average molecular weight is 494 g/mol. The lowest BCUT2D eigenvalue weighted by molar-refractivity contribution is 0.0601. The van der Waals surface area contributed by atoms with Gasteiger partial charge in [-0.2, -0.15) is 12.7 Å². The molecular formula is C19H20BrN5O4S. The lowest BCUT2D eigenvalue weighted by atomic mass is 10.0. The summed E-state index contributed by atoms with van der Waals surface area (Å²) < 4.78 is 29.7. The molecule has 30 heavy (non-hydrogen) atoms. The standard InChI is InChI=1S/C19H20BrN5O4S/c1-11-16(21-10-25(11)30(28,29)22(2)3)19(27)24-9-8-14-15(18(24)26)12-6-5-7-13(20)17(12)23(14)4/h5-7,10H,8-9H2,1-4H3. The van der Waals surface area contributed by atoms with Crippen molar-refractivity contribution in [3.8, 4) is 0 Å². The van der Waals surface area contributed by atoms with E-state index in [1.807, 2.05) is 29.8 Å². The van der Waals surface area contributed by atoms with Crippen molar-refractivity contribution in [3.63, 3.8) is 0 Å². The number of fused-ring (bicyclic) bond motifs is 3. The Morgan fingerprint density at radius 1 is 1.27 bits per heavy atom. The van der Waals surface area contributed by atoms with Crippen LogP contribution in [0.5, 0.6) is 0 Å². The number of aromatic nitrogens is 3. The van der Waals surface area contributed by atoms with Crippen LogP contribution in [0.4, 0.5) is 0 Å². The van der Waals surface area contributed by atoms with E-state index < -0.39 is 22.0 Å². The van der Waals surface area contributed by atoms with Crippen LogP contribution in [0.1, 0.15) is 32.2 Å². The van der Waals surface area contributed by atoms with E-state index in [1.54, 1.807) is 0 Å². The quantitative estimate of drug-likeness (QED) is 0.519. The van der Waals surface area contributed by atoms with E-state index in [9.17, 15) is 18.0 Å². The van der Waals surface area contributed by atoms with Gasteiger partial charge in [0.05, 0.1) is 16.8 Å². The molecule has 0 saturated carbocycles. The van der Waals surface area contributed by atoms with E-state index >= 15 is 0 Å². The number of carbonyl (C=O) groups excluding carboxylic acids is 2. The van der Waals surface area contributed by atoms with Crippen molar-refractivity contribution in [1.29, 1.82) is 0 Å². The molecule has 0 saturated heterocycles. The van der Waals surface area contributed by atoms with Gasteiger partial charge < -0.3 is 4.57 Å². The predicted octanol–water partition coefficient (Wildman–Crippen LogP) is 1.94. The van der Waals surface area contributed by atoms with Crippen LogP contribution < -0.4 is 0 Å². The van der Waals surface area contributed by atoms with Crippen molar-refractivity contribution in [2.45, 2.75) is 13.3 Å². The normalized spacial score (nSPS) is 14.6. The topological polar surface area (TPSA) is 97.5 Å². The zero-order valence-corrected chi connectivity index (χ0v) is 19.3. The highest BCUT2D eigenvalue weighted by atomic mass is 79.9. The highest BCUT2D eigenvalue weighted by Crippen LogP contribution is 2.34. The Labute approximate surface area is 182 Å². The summed E-state index contributed by atoms with van der Waals surface area (Å²) in [4.78, 5) is 31.6. The van der Waals surface area contributed by atoms with Crippen LogP contribution in [0, 0.1) is 6.92 Å². The highest BCUT2D eigenvalue weighted by molar-refractivity contribution is 9.10. The van der Waals surface area contributed by atoms with Crippen LogP contribution in [0.25, 0.3) is 10.9 Å². The van der Waals surface area contributed by atoms with Gasteiger partial charge in [0.2, 0.25) is 0 Å². The van der Waals surface area contributed by atoms with Gasteiger partial charge in [0.25, 0.3) is 11.8 Å². The Hall–Kier alpha value is -2.50. The number of rotatable bonds is 3. The summed E-state index contributed by atoms with van der Waals surface area (Å²) in [5.74, 6) is -1.02. The van der Waals surface area contributed by atoms with Gasteiger partial charge in [0, 0.05) is 49.7 Å². The number of hydrogen-bond acceptors (Lipinski definition) is 5. The van der Waals surface area contributed by atoms with Gasteiger partial charge >= 0.3 is 10.2 Å². The van der Waals surface area contributed by atoms with Gasteiger partial charge in [-0.05, 0) is 28.9 Å². The molecule has 1 aliphatic heterocycles. The molecule has 0 aliphatic carbocycles. The number of imidazole rings is 1. The second-order valence-corrected chi connectivity index (χ2v) is 10.2. The number of aryl methyl sites for hydroxylation is 1. The minimum atomic E-state index is -3.82. The Kier molecular flexibility index (Phi) is 4.87. The van der Waals surface area contributed by atoms with Crippen molar-refractivity contribution in [2.24, 2.45) is 7.05 Å². The number of amides is 2. The van der Waals surface area contributed by atoms with E-state index in [0.717, 1.165) is 40.6 Å². The van der Waals surface area contributed by atoms with Gasteiger partial charge in [0.15, 0.2) is 5.69 Å². The maximum absolute atomic E-state index is 13.3. The summed E-state index contributed by atoms with van der Waals surface area (Å²) in [5.41, 5.74) is 2.35. The number of carbonyl (C=O) groups is 2. The summed E-state index contributed by atoms with van der Waals surface area (Å²) in [6.07, 6.45) is 1.59. The molecule has 3 aromatic rings. The van der Waals surface area contributed by atoms with E-state index in [4.69, 9.17) is 0 Å². The molecule has 0 N–H and O–H groups in total. The summed E-state index contributed by atoms with van der Waals surface area (Å²) in [6, 6.07) is 5.61. The van der Waals surface area contributed by atoms with Crippen molar-refractivity contribution in [3.05, 3.63) is 51.6 Å². The molecule has 0 bridgehead atoms. The number of para-hydroxylation sites is 1. The number of halogens is 1. The Morgan fingerprint density at radius 2 is 1.97 bits per heavy atom. The summed E-state index contributed by atoms with van der Waals surface area (Å²) in [5, 5.41) is 0.766. The minimum Gasteiger partial charge on any atom is -0.346 e. The maximum atomic E-state index is 13.3. The van der Waals surface area contributed by atoms with Crippen molar-refractivity contribution >= 4 is 48.9 Å². The fourth-order valence-corrected chi connectivity index (χ4v) is 5.42. The van der Waals surface area contributed by atoms with Gasteiger partial charge in [-0.1, -0.05) is 12.1 Å². The average Bonchev–Trinajstić information content (AvgIpc) is 3.21. The monoisotopic (exact) mass is 493 g/mol. The third-order valence-electron chi connectivity index (χ3n) is 5.44. The Balaban J connectivity index is 1.77.